The fourth-order valence-electron chi connectivity index (χ4n) is 9.16. The number of rotatable bonds is 0. The first-order valence-corrected chi connectivity index (χ1v) is 20.8. The summed E-state index contributed by atoms with van der Waals surface area (Å²) in [6.45, 7) is 6.04. The molecular weight excluding hydrogens is 599 g/mol. The first kappa shape index (κ1) is 41.7. The molecule has 11 heterocycles. The second kappa shape index (κ2) is 24.7. The van der Waals surface area contributed by atoms with Crippen LogP contribution in [0, 0.1) is 0 Å². The average Bonchev–Trinajstić information content (AvgIpc) is 4.05. The van der Waals surface area contributed by atoms with Crippen molar-refractivity contribution in [2.45, 2.75) is 129 Å². The molecule has 11 aliphatic heterocycles. The van der Waals surface area contributed by atoms with Gasteiger partial charge in [0.25, 0.3) is 0 Å². The van der Waals surface area contributed by atoms with Gasteiger partial charge in [0.2, 0.25) is 43.9 Å². The van der Waals surface area contributed by atoms with E-state index in [1.807, 2.05) is 7.41 Å². The van der Waals surface area contributed by atoms with Crippen molar-refractivity contribution in [3.05, 3.63) is 0 Å². The summed E-state index contributed by atoms with van der Waals surface area (Å²) in [6, 6.07) is 0. The number of hydrazine groups is 3. The number of nitrogens with zero attached hydrogens (tertiary/aromatic N) is 3. The lowest BCUT2D eigenvalue weighted by Gasteiger charge is -2.46. The maximum atomic E-state index is 3.32. The van der Waals surface area contributed by atoms with Crippen LogP contribution >= 0.6 is 0 Å². The van der Waals surface area contributed by atoms with E-state index >= 15 is 0 Å². The van der Waals surface area contributed by atoms with Gasteiger partial charge >= 0.3 is 0 Å². The van der Waals surface area contributed by atoms with Crippen LogP contribution in [0.4, 0.5) is 0 Å². The van der Waals surface area contributed by atoms with Crippen LogP contribution in [0.5, 0.6) is 0 Å². The molecule has 11 aliphatic rings. The third-order valence-corrected chi connectivity index (χ3v) is 11.9. The van der Waals surface area contributed by atoms with Gasteiger partial charge in [-0.1, -0.05) is 43.4 Å². The van der Waals surface area contributed by atoms with E-state index in [-0.39, 0.29) is 0 Å². The summed E-state index contributed by atoms with van der Waals surface area (Å²) in [5.74, 6) is 0. The zero-order valence-electron chi connectivity index (χ0n) is 31.4. The van der Waals surface area contributed by atoms with Gasteiger partial charge in [-0.2, -0.15) is 0 Å². The van der Waals surface area contributed by atoms with Crippen molar-refractivity contribution in [3.8, 4) is 0 Å². The number of hydrogen-bond donors (Lipinski definition) is 3. The Balaban J connectivity index is 0.000000108. The molecule has 0 saturated carbocycles. The Bertz CT molecular complexity index is 814. The largest absolute Gasteiger partial charge is 0.340 e. The molecule has 236 valence electrons. The van der Waals surface area contributed by atoms with Gasteiger partial charge in [0.05, 0.1) is 94.6 Å². The molecule has 0 spiro atoms. The molecule has 11 fully saturated rings. The van der Waals surface area contributed by atoms with Gasteiger partial charge in [-0.15, -0.1) is 72.8 Å². The zero-order chi connectivity index (χ0) is 34.8. The highest BCUT2D eigenvalue weighted by Crippen LogP contribution is 2.43. The predicted octanol–water partition coefficient (Wildman–Crippen LogP) is -1.20. The van der Waals surface area contributed by atoms with E-state index in [0.29, 0.717) is 0 Å². The van der Waals surface area contributed by atoms with Gasteiger partial charge in [-0.3, -0.25) is 10.9 Å². The van der Waals surface area contributed by atoms with E-state index < -0.39 is 0 Å². The number of nitrogens with one attached hydrogen (secondary N) is 3. The van der Waals surface area contributed by atoms with Crippen molar-refractivity contribution in [1.82, 2.24) is 30.8 Å². The Hall–Kier alpha value is 1.12. The van der Waals surface area contributed by atoms with Crippen molar-refractivity contribution in [2.75, 3.05) is 19.6 Å². The van der Waals surface area contributed by atoms with Crippen LogP contribution in [0.3, 0.4) is 0 Å². The van der Waals surface area contributed by atoms with Gasteiger partial charge in [-0.25, -0.2) is 0 Å². The standard InChI is InChI=1S/C7H11B6.C5H9B5.C4H9B3N2.C3H6B3N2.C3H6B3.C2H6BN2/c1-2-8-6-11-4-12-7-10-3-9-5(1)13(6)7;1-6-3-10-4-7-2-9-5(10)8-1;1-2-8-9-6-3-5-4-7(1)9;1-2-7-5-3-6-8(7)4-1;1-4-2-6-3-5-1;1-2-4-5-3-1/h5-7H,1-4H2;5H,1-4H2;8H,1-4H2;1-3H2;1-3H2;4-5H,1-2H2. The second-order valence-electron chi connectivity index (χ2n) is 15.4. The van der Waals surface area contributed by atoms with E-state index in [1.54, 1.807) is 0 Å². The summed E-state index contributed by atoms with van der Waals surface area (Å²) in [6.07, 6.45) is 21.2. The fraction of sp³-hybridized carbons (Fsp3) is 1.00. The molecular formula is C24H47B21N6. The number of fused-ring (bicyclic) bond motifs is 3. The third kappa shape index (κ3) is 14.2. The van der Waals surface area contributed by atoms with Gasteiger partial charge < -0.3 is 19.9 Å². The maximum absolute atomic E-state index is 3.32. The molecule has 0 aliphatic carbocycles. The predicted molar refractivity (Wildman–Crippen MR) is 247 cm³/mol. The summed E-state index contributed by atoms with van der Waals surface area (Å²) in [5, 5.41) is 2.85. The van der Waals surface area contributed by atoms with Crippen LogP contribution in [0.1, 0.15) is 6.42 Å². The van der Waals surface area contributed by atoms with Crippen molar-refractivity contribution in [1.29, 1.82) is 0 Å². The SMILES string of the molecule is [B]1CCNN1.[B]1C[B]C2[B]CCC3[B]C[B]C1B23.[B]1C[B]C2[B]C[B]CB2C1.[B]1C[B]C[B]C1.[B]1C[B]N2CC[B]N12.[B]1C[B]N2NCCB2C1. The van der Waals surface area contributed by atoms with E-state index in [0.717, 1.165) is 74.7 Å². The van der Waals surface area contributed by atoms with E-state index in [2.05, 4.69) is 155 Å². The highest BCUT2D eigenvalue weighted by atomic mass is 15.5. The van der Waals surface area contributed by atoms with Gasteiger partial charge in [-0.05, 0) is 19.2 Å². The molecule has 3 atom stereocenters. The van der Waals surface area contributed by atoms with Crippen LogP contribution in [0.2, 0.25) is 122 Å². The van der Waals surface area contributed by atoms with Gasteiger partial charge in [0.15, 0.2) is 0 Å². The van der Waals surface area contributed by atoms with Crippen LogP contribution in [-0.4, -0.2) is 186 Å². The van der Waals surface area contributed by atoms with Gasteiger partial charge in [0, 0.05) is 13.1 Å². The van der Waals surface area contributed by atoms with Crippen molar-refractivity contribution >= 4 is 152 Å². The zero-order valence-corrected chi connectivity index (χ0v) is 31.4. The van der Waals surface area contributed by atoms with Crippen molar-refractivity contribution in [2.24, 2.45) is 0 Å². The molecule has 6 nitrogen and oxygen atoms in total. The summed E-state index contributed by atoms with van der Waals surface area (Å²) in [5.41, 5.74) is 9.63. The molecule has 0 aromatic rings. The van der Waals surface area contributed by atoms with Crippen molar-refractivity contribution < 1.29 is 0 Å². The summed E-state index contributed by atoms with van der Waals surface area (Å²) in [7, 11) is 42.4. The van der Waals surface area contributed by atoms with E-state index in [9.17, 15) is 0 Å². The minimum Gasteiger partial charge on any atom is -0.340 e. The van der Waals surface area contributed by atoms with Crippen LogP contribution in [0.25, 0.3) is 0 Å². The van der Waals surface area contributed by atoms with Gasteiger partial charge in [0.1, 0.15) is 13.4 Å². The van der Waals surface area contributed by atoms with E-state index in [4.69, 9.17) is 0 Å². The summed E-state index contributed by atoms with van der Waals surface area (Å²) < 4.78 is 0. The Morgan fingerprint density at radius 3 is 1.92 bits per heavy atom. The summed E-state index contributed by atoms with van der Waals surface area (Å²) >= 11 is 0. The quantitative estimate of drug-likeness (QED) is 0.288. The minimum absolute atomic E-state index is 0.777. The van der Waals surface area contributed by atoms with E-state index in [1.165, 1.54) is 94.1 Å². The first-order chi connectivity index (χ1) is 25.3. The number of hydrogen-bond acceptors (Lipinski definition) is 6. The molecule has 3 unspecified atom stereocenters. The highest BCUT2D eigenvalue weighted by molar-refractivity contribution is 7.06. The molecule has 11 saturated heterocycles. The van der Waals surface area contributed by atoms with Crippen molar-refractivity contribution in [3.63, 3.8) is 0 Å². The van der Waals surface area contributed by atoms with Crippen LogP contribution in [0.15, 0.2) is 0 Å². The second-order valence-corrected chi connectivity index (χ2v) is 15.4. The summed E-state index contributed by atoms with van der Waals surface area (Å²) in [4.78, 5) is 6.67. The Labute approximate surface area is 329 Å². The molecule has 11 rings (SSSR count). The normalized spacial score (nSPS) is 29.2. The Morgan fingerprint density at radius 2 is 1.27 bits per heavy atom. The van der Waals surface area contributed by atoms with Crippen LogP contribution in [-0.2, 0) is 0 Å². The molecule has 0 amide bonds. The molecule has 3 N–H and O–H groups in total. The molecule has 0 bridgehead atoms. The highest BCUT2D eigenvalue weighted by Gasteiger charge is 2.45. The lowest BCUT2D eigenvalue weighted by molar-refractivity contribution is 0.330. The smallest absolute Gasteiger partial charge is 0.226 e. The minimum atomic E-state index is 0.777. The molecule has 0 aromatic heterocycles. The third-order valence-electron chi connectivity index (χ3n) is 11.9. The fourth-order valence-corrected chi connectivity index (χ4v) is 9.16. The first-order valence-electron chi connectivity index (χ1n) is 20.8. The monoisotopic (exact) mass is 651 g/mol. The Morgan fingerprint density at radius 1 is 0.549 bits per heavy atom. The topological polar surface area (TPSA) is 45.8 Å². The molecule has 51 heavy (non-hydrogen) atoms. The molecule has 18 radical (unpaired) electrons. The lowest BCUT2D eigenvalue weighted by Crippen LogP contribution is -2.53. The average molecular weight is 647 g/mol. The molecule has 0 aromatic carbocycles. The van der Waals surface area contributed by atoms with Crippen LogP contribution < -0.4 is 16.2 Å². The molecule has 27 heteroatoms. The Kier molecular flexibility index (Phi) is 20.2. The lowest BCUT2D eigenvalue weighted by atomic mass is 8.93. The maximum Gasteiger partial charge on any atom is 0.226 e.